The summed E-state index contributed by atoms with van der Waals surface area (Å²) in [5.74, 6) is -0.473. The van der Waals surface area contributed by atoms with Gasteiger partial charge in [-0.15, -0.1) is 0 Å². The molecule has 0 radical (unpaired) electrons. The van der Waals surface area contributed by atoms with Crippen molar-refractivity contribution in [1.82, 2.24) is 0 Å². The Bertz CT molecular complexity index is 696. The highest BCUT2D eigenvalue weighted by Crippen LogP contribution is 2.30. The first-order valence-corrected chi connectivity index (χ1v) is 9.89. The number of hydrogen-bond donors (Lipinski definition) is 1. The molecule has 0 heterocycles. The lowest BCUT2D eigenvalue weighted by atomic mass is 10.0. The Kier molecular flexibility index (Phi) is 5.30. The van der Waals surface area contributed by atoms with Crippen LogP contribution in [0.1, 0.15) is 37.7 Å². The molecule has 0 aliphatic heterocycles. The Balaban J connectivity index is 2.41. The maximum atomic E-state index is 12.7. The van der Waals surface area contributed by atoms with Crippen molar-refractivity contribution in [2.24, 2.45) is 5.14 Å². The standard InChI is InChI=1S/C13H18N2O5S2/c14-22(19,20)9-10-6-7-11(15(16)17)8-13(10)21(18)12-4-2-1-3-5-12/h6-8,12H,1-5,9H2,(H2,14,19,20). The number of nitro groups is 1. The number of nitro benzene ring substituents is 1. The molecule has 1 saturated carbocycles. The van der Waals surface area contributed by atoms with Gasteiger partial charge in [-0.1, -0.05) is 19.3 Å². The lowest BCUT2D eigenvalue weighted by Gasteiger charge is -2.22. The van der Waals surface area contributed by atoms with Gasteiger partial charge in [-0.2, -0.15) is 0 Å². The maximum Gasteiger partial charge on any atom is 0.270 e. The molecule has 9 heteroatoms. The van der Waals surface area contributed by atoms with Gasteiger partial charge in [0.15, 0.2) is 0 Å². The first-order valence-electron chi connectivity index (χ1n) is 6.96. The van der Waals surface area contributed by atoms with Gasteiger partial charge < -0.3 is 0 Å². The van der Waals surface area contributed by atoms with Gasteiger partial charge >= 0.3 is 0 Å². The molecule has 2 rings (SSSR count). The second kappa shape index (κ2) is 6.84. The summed E-state index contributed by atoms with van der Waals surface area (Å²) in [4.78, 5) is 10.5. The lowest BCUT2D eigenvalue weighted by molar-refractivity contribution is -0.385. The summed E-state index contributed by atoms with van der Waals surface area (Å²) < 4.78 is 35.4. The van der Waals surface area contributed by atoms with E-state index in [1.807, 2.05) is 0 Å². The van der Waals surface area contributed by atoms with Crippen molar-refractivity contribution in [2.45, 2.75) is 48.0 Å². The molecule has 0 bridgehead atoms. The van der Waals surface area contributed by atoms with Crippen LogP contribution in [0, 0.1) is 10.1 Å². The zero-order chi connectivity index (χ0) is 16.3. The fourth-order valence-electron chi connectivity index (χ4n) is 2.64. The molecule has 22 heavy (non-hydrogen) atoms. The van der Waals surface area contributed by atoms with Gasteiger partial charge in [-0.25, -0.2) is 13.6 Å². The van der Waals surface area contributed by atoms with Crippen molar-refractivity contribution in [3.63, 3.8) is 0 Å². The molecule has 1 aromatic rings. The minimum atomic E-state index is -3.80. The van der Waals surface area contributed by atoms with Crippen molar-refractivity contribution in [3.8, 4) is 0 Å². The van der Waals surface area contributed by atoms with Crippen LogP contribution in [0.5, 0.6) is 0 Å². The molecule has 0 amide bonds. The van der Waals surface area contributed by atoms with Crippen molar-refractivity contribution in [3.05, 3.63) is 33.9 Å². The van der Waals surface area contributed by atoms with Crippen LogP contribution in [0.2, 0.25) is 0 Å². The van der Waals surface area contributed by atoms with E-state index in [0.29, 0.717) is 0 Å². The summed E-state index contributed by atoms with van der Waals surface area (Å²) in [6.07, 6.45) is 4.59. The first-order chi connectivity index (χ1) is 10.3. The smallest absolute Gasteiger partial charge is 0.258 e. The molecule has 1 unspecified atom stereocenters. The number of nitrogens with two attached hydrogens (primary N) is 1. The minimum absolute atomic E-state index is 0.0880. The Labute approximate surface area is 131 Å². The van der Waals surface area contributed by atoms with E-state index in [-0.39, 0.29) is 21.4 Å². The summed E-state index contributed by atoms with van der Waals surface area (Å²) in [6, 6.07) is 3.76. The summed E-state index contributed by atoms with van der Waals surface area (Å²) in [7, 11) is -5.27. The highest BCUT2D eigenvalue weighted by atomic mass is 32.2. The Morgan fingerprint density at radius 1 is 1.27 bits per heavy atom. The number of hydrogen-bond acceptors (Lipinski definition) is 5. The summed E-state index contributed by atoms with van der Waals surface area (Å²) in [5, 5.41) is 15.9. The van der Waals surface area contributed by atoms with E-state index in [4.69, 9.17) is 5.14 Å². The number of rotatable bonds is 5. The van der Waals surface area contributed by atoms with E-state index < -0.39 is 31.5 Å². The molecule has 0 saturated heterocycles. The van der Waals surface area contributed by atoms with Gasteiger partial charge in [0.05, 0.1) is 26.4 Å². The zero-order valence-electron chi connectivity index (χ0n) is 11.9. The van der Waals surface area contributed by atoms with Gasteiger partial charge in [0, 0.05) is 17.4 Å². The second-order valence-corrected chi connectivity index (χ2v) is 8.73. The van der Waals surface area contributed by atoms with E-state index in [1.165, 1.54) is 18.2 Å². The van der Waals surface area contributed by atoms with Crippen molar-refractivity contribution >= 4 is 26.5 Å². The molecule has 2 N–H and O–H groups in total. The van der Waals surface area contributed by atoms with Crippen LogP contribution in [-0.2, 0) is 26.6 Å². The zero-order valence-corrected chi connectivity index (χ0v) is 13.6. The summed E-state index contributed by atoms with van der Waals surface area (Å²) in [5.41, 5.74) is 0.0781. The van der Waals surface area contributed by atoms with Crippen LogP contribution >= 0.6 is 0 Å². The maximum absolute atomic E-state index is 12.7. The Morgan fingerprint density at radius 2 is 1.91 bits per heavy atom. The van der Waals surface area contributed by atoms with Crippen LogP contribution in [0.4, 0.5) is 5.69 Å². The van der Waals surface area contributed by atoms with E-state index in [2.05, 4.69) is 0 Å². The van der Waals surface area contributed by atoms with Crippen LogP contribution in [0.3, 0.4) is 0 Å². The number of primary sulfonamides is 1. The molecular formula is C13H18N2O5S2. The van der Waals surface area contributed by atoms with E-state index in [1.54, 1.807) is 0 Å². The predicted octanol–water partition coefficient (Wildman–Crippen LogP) is 1.82. The third-order valence-corrected chi connectivity index (χ3v) is 6.29. The topological polar surface area (TPSA) is 120 Å². The molecule has 1 aliphatic rings. The van der Waals surface area contributed by atoms with Crippen LogP contribution < -0.4 is 5.14 Å². The quantitative estimate of drug-likeness (QED) is 0.644. The average Bonchev–Trinajstić information content (AvgIpc) is 2.46. The van der Waals surface area contributed by atoms with Gasteiger partial charge in [0.2, 0.25) is 10.0 Å². The molecule has 0 aromatic heterocycles. The third-order valence-electron chi connectivity index (χ3n) is 3.69. The largest absolute Gasteiger partial charge is 0.270 e. The number of benzene rings is 1. The second-order valence-electron chi connectivity index (χ2n) is 5.41. The molecular weight excluding hydrogens is 328 g/mol. The summed E-state index contributed by atoms with van der Waals surface area (Å²) in [6.45, 7) is 0. The third kappa shape index (κ3) is 4.34. The first kappa shape index (κ1) is 17.0. The number of nitrogens with zero attached hydrogens (tertiary/aromatic N) is 1. The van der Waals surface area contributed by atoms with E-state index in [0.717, 1.165) is 32.1 Å². The lowest BCUT2D eigenvalue weighted by Crippen LogP contribution is -2.21. The van der Waals surface area contributed by atoms with E-state index in [9.17, 15) is 22.7 Å². The van der Waals surface area contributed by atoms with Crippen molar-refractivity contribution < 1.29 is 17.6 Å². The van der Waals surface area contributed by atoms with Crippen molar-refractivity contribution in [2.75, 3.05) is 0 Å². The van der Waals surface area contributed by atoms with Gasteiger partial charge in [0.1, 0.15) is 0 Å². The summed E-state index contributed by atoms with van der Waals surface area (Å²) >= 11 is 0. The van der Waals surface area contributed by atoms with Crippen molar-refractivity contribution in [1.29, 1.82) is 0 Å². The highest BCUT2D eigenvalue weighted by Gasteiger charge is 2.25. The predicted molar refractivity (Wildman–Crippen MR) is 83.2 cm³/mol. The van der Waals surface area contributed by atoms with Gasteiger partial charge in [0.25, 0.3) is 5.69 Å². The van der Waals surface area contributed by atoms with Gasteiger partial charge in [-0.3, -0.25) is 14.3 Å². The molecule has 0 spiro atoms. The minimum Gasteiger partial charge on any atom is -0.258 e. The fourth-order valence-corrected chi connectivity index (χ4v) is 5.17. The number of sulfonamides is 1. The molecule has 1 aliphatic carbocycles. The fraction of sp³-hybridized carbons (Fsp3) is 0.538. The molecule has 1 fully saturated rings. The average molecular weight is 346 g/mol. The highest BCUT2D eigenvalue weighted by molar-refractivity contribution is 7.88. The van der Waals surface area contributed by atoms with Crippen LogP contribution in [-0.4, -0.2) is 22.8 Å². The van der Waals surface area contributed by atoms with E-state index >= 15 is 0 Å². The molecule has 7 nitrogen and oxygen atoms in total. The normalized spacial score (nSPS) is 18.0. The number of non-ortho nitro benzene ring substituents is 1. The molecule has 1 atom stereocenters. The Morgan fingerprint density at radius 3 is 2.45 bits per heavy atom. The SMILES string of the molecule is NS(=O)(=O)Cc1ccc([N+](=O)[O-])cc1S(=O)C1CCCCC1. The molecule has 122 valence electrons. The monoisotopic (exact) mass is 346 g/mol. The Hall–Kier alpha value is -1.32. The molecule has 1 aromatic carbocycles. The van der Waals surface area contributed by atoms with Crippen LogP contribution in [0.25, 0.3) is 0 Å². The van der Waals surface area contributed by atoms with Crippen LogP contribution in [0.15, 0.2) is 23.1 Å². The van der Waals surface area contributed by atoms with Gasteiger partial charge in [-0.05, 0) is 24.5 Å².